The van der Waals surface area contributed by atoms with E-state index in [1.807, 2.05) is 13.8 Å². The van der Waals surface area contributed by atoms with Crippen molar-refractivity contribution in [3.8, 4) is 12.3 Å². The van der Waals surface area contributed by atoms with Crippen molar-refractivity contribution in [2.24, 2.45) is 0 Å². The SMILES string of the molecule is C#Cc1cccc(NC(=O)c2nc(C(C)C)ncc2Cl)c1. The summed E-state index contributed by atoms with van der Waals surface area (Å²) >= 11 is 6.00. The first-order chi connectivity index (χ1) is 10.0. The number of hydrogen-bond acceptors (Lipinski definition) is 3. The molecule has 1 N–H and O–H groups in total. The molecule has 1 aromatic heterocycles. The van der Waals surface area contributed by atoms with Crippen LogP contribution < -0.4 is 5.32 Å². The zero-order chi connectivity index (χ0) is 15.4. The Morgan fingerprint density at radius 2 is 2.19 bits per heavy atom. The Hall–Kier alpha value is -2.38. The number of carbonyl (C=O) groups is 1. The van der Waals surface area contributed by atoms with Crippen molar-refractivity contribution in [2.75, 3.05) is 5.32 Å². The Morgan fingerprint density at radius 1 is 1.43 bits per heavy atom. The van der Waals surface area contributed by atoms with Gasteiger partial charge in [-0.2, -0.15) is 0 Å². The fourth-order valence-electron chi connectivity index (χ4n) is 1.70. The number of hydrogen-bond donors (Lipinski definition) is 1. The first-order valence-electron chi connectivity index (χ1n) is 6.41. The topological polar surface area (TPSA) is 54.9 Å². The van der Waals surface area contributed by atoms with Crippen LogP contribution in [0.2, 0.25) is 5.02 Å². The van der Waals surface area contributed by atoms with Crippen LogP contribution in [0.3, 0.4) is 0 Å². The van der Waals surface area contributed by atoms with Crippen LogP contribution in [0, 0.1) is 12.3 Å². The molecule has 0 aliphatic carbocycles. The monoisotopic (exact) mass is 299 g/mol. The van der Waals surface area contributed by atoms with Crippen molar-refractivity contribution in [3.63, 3.8) is 0 Å². The fraction of sp³-hybridized carbons (Fsp3) is 0.188. The minimum atomic E-state index is -0.390. The Morgan fingerprint density at radius 3 is 2.86 bits per heavy atom. The fourth-order valence-corrected chi connectivity index (χ4v) is 1.87. The average Bonchev–Trinajstić information content (AvgIpc) is 2.47. The van der Waals surface area contributed by atoms with Crippen molar-refractivity contribution in [1.29, 1.82) is 0 Å². The lowest BCUT2D eigenvalue weighted by Crippen LogP contribution is -2.16. The van der Waals surface area contributed by atoms with Crippen LogP contribution in [0.15, 0.2) is 30.5 Å². The van der Waals surface area contributed by atoms with Gasteiger partial charge in [-0.25, -0.2) is 9.97 Å². The van der Waals surface area contributed by atoms with E-state index in [2.05, 4.69) is 21.2 Å². The second-order valence-electron chi connectivity index (χ2n) is 4.76. The van der Waals surface area contributed by atoms with Gasteiger partial charge in [0.1, 0.15) is 5.82 Å². The summed E-state index contributed by atoms with van der Waals surface area (Å²) < 4.78 is 0. The quantitative estimate of drug-likeness (QED) is 0.883. The highest BCUT2D eigenvalue weighted by Crippen LogP contribution is 2.18. The van der Waals surface area contributed by atoms with Crippen LogP contribution in [-0.2, 0) is 0 Å². The molecule has 0 atom stereocenters. The number of halogens is 1. The Labute approximate surface area is 128 Å². The van der Waals surface area contributed by atoms with E-state index in [0.29, 0.717) is 17.1 Å². The molecular weight excluding hydrogens is 286 g/mol. The van der Waals surface area contributed by atoms with Gasteiger partial charge in [0, 0.05) is 17.2 Å². The molecular formula is C16H14ClN3O. The van der Waals surface area contributed by atoms with Gasteiger partial charge in [-0.3, -0.25) is 4.79 Å². The highest BCUT2D eigenvalue weighted by atomic mass is 35.5. The Bertz CT molecular complexity index is 720. The molecule has 1 amide bonds. The largest absolute Gasteiger partial charge is 0.321 e. The van der Waals surface area contributed by atoms with Crippen molar-refractivity contribution in [2.45, 2.75) is 19.8 Å². The summed E-state index contributed by atoms with van der Waals surface area (Å²) in [4.78, 5) is 20.6. The van der Waals surface area contributed by atoms with Gasteiger partial charge in [0.25, 0.3) is 5.91 Å². The predicted molar refractivity (Wildman–Crippen MR) is 83.5 cm³/mol. The minimum Gasteiger partial charge on any atom is -0.321 e. The van der Waals surface area contributed by atoms with Gasteiger partial charge < -0.3 is 5.32 Å². The molecule has 0 fully saturated rings. The van der Waals surface area contributed by atoms with Gasteiger partial charge in [-0.05, 0) is 18.2 Å². The van der Waals surface area contributed by atoms with Crippen LogP contribution in [0.1, 0.15) is 41.6 Å². The van der Waals surface area contributed by atoms with Crippen LogP contribution >= 0.6 is 11.6 Å². The molecule has 2 aromatic rings. The summed E-state index contributed by atoms with van der Waals surface area (Å²) in [6.07, 6.45) is 6.77. The van der Waals surface area contributed by atoms with E-state index in [0.717, 1.165) is 0 Å². The lowest BCUT2D eigenvalue weighted by atomic mass is 10.2. The Balaban J connectivity index is 2.28. The van der Waals surface area contributed by atoms with E-state index >= 15 is 0 Å². The third-order valence-electron chi connectivity index (χ3n) is 2.78. The number of carbonyl (C=O) groups excluding carboxylic acids is 1. The Kier molecular flexibility index (Phi) is 4.56. The lowest BCUT2D eigenvalue weighted by molar-refractivity contribution is 0.102. The standard InChI is InChI=1S/C16H14ClN3O/c1-4-11-6-5-7-12(8-11)19-16(21)14-13(17)9-18-15(20-14)10(2)3/h1,5-10H,2-3H3,(H,19,21). The summed E-state index contributed by atoms with van der Waals surface area (Å²) in [6.45, 7) is 3.89. The molecule has 2 rings (SSSR count). The molecule has 106 valence electrons. The molecule has 0 saturated heterocycles. The number of amides is 1. The lowest BCUT2D eigenvalue weighted by Gasteiger charge is -2.09. The zero-order valence-corrected chi connectivity index (χ0v) is 12.5. The van der Waals surface area contributed by atoms with E-state index in [4.69, 9.17) is 18.0 Å². The number of benzene rings is 1. The van der Waals surface area contributed by atoms with Gasteiger partial charge in [0.2, 0.25) is 0 Å². The van der Waals surface area contributed by atoms with Gasteiger partial charge in [-0.1, -0.05) is 37.4 Å². The van der Waals surface area contributed by atoms with Crippen LogP contribution in [0.25, 0.3) is 0 Å². The number of terminal acetylenes is 1. The first kappa shape index (κ1) is 15.0. The predicted octanol–water partition coefficient (Wildman–Crippen LogP) is 3.49. The molecule has 0 radical (unpaired) electrons. The molecule has 0 spiro atoms. The van der Waals surface area contributed by atoms with Crippen molar-refractivity contribution in [3.05, 3.63) is 52.6 Å². The summed E-state index contributed by atoms with van der Waals surface area (Å²) in [7, 11) is 0. The normalized spacial score (nSPS) is 10.2. The van der Waals surface area contributed by atoms with E-state index in [9.17, 15) is 4.79 Å². The van der Waals surface area contributed by atoms with Gasteiger partial charge >= 0.3 is 0 Å². The second kappa shape index (κ2) is 6.38. The smallest absolute Gasteiger partial charge is 0.275 e. The molecule has 1 aromatic carbocycles. The molecule has 0 aliphatic heterocycles. The van der Waals surface area contributed by atoms with E-state index in [1.54, 1.807) is 24.3 Å². The molecule has 5 heteroatoms. The molecule has 0 saturated carbocycles. The van der Waals surface area contributed by atoms with E-state index < -0.39 is 5.91 Å². The maximum absolute atomic E-state index is 12.3. The molecule has 0 bridgehead atoms. The summed E-state index contributed by atoms with van der Waals surface area (Å²) in [5, 5.41) is 2.94. The number of nitrogens with zero attached hydrogens (tertiary/aromatic N) is 2. The third kappa shape index (κ3) is 3.59. The number of rotatable bonds is 3. The van der Waals surface area contributed by atoms with Crippen LogP contribution in [-0.4, -0.2) is 15.9 Å². The summed E-state index contributed by atoms with van der Waals surface area (Å²) in [6, 6.07) is 7.00. The zero-order valence-electron chi connectivity index (χ0n) is 11.7. The number of anilines is 1. The van der Waals surface area contributed by atoms with Crippen molar-refractivity contribution >= 4 is 23.2 Å². The van der Waals surface area contributed by atoms with Crippen molar-refractivity contribution < 1.29 is 4.79 Å². The van der Waals surface area contributed by atoms with Crippen molar-refractivity contribution in [1.82, 2.24) is 9.97 Å². The minimum absolute atomic E-state index is 0.110. The number of nitrogens with one attached hydrogen (secondary N) is 1. The van der Waals surface area contributed by atoms with E-state index in [1.165, 1.54) is 6.20 Å². The molecule has 21 heavy (non-hydrogen) atoms. The third-order valence-corrected chi connectivity index (χ3v) is 3.06. The highest BCUT2D eigenvalue weighted by molar-refractivity contribution is 6.33. The van der Waals surface area contributed by atoms with Gasteiger partial charge in [-0.15, -0.1) is 6.42 Å². The number of aromatic nitrogens is 2. The summed E-state index contributed by atoms with van der Waals surface area (Å²) in [5.74, 6) is 2.80. The maximum atomic E-state index is 12.3. The second-order valence-corrected chi connectivity index (χ2v) is 5.17. The summed E-state index contributed by atoms with van der Waals surface area (Å²) in [5.41, 5.74) is 1.43. The molecule has 0 aliphatic rings. The van der Waals surface area contributed by atoms with Crippen LogP contribution in [0.5, 0.6) is 0 Å². The van der Waals surface area contributed by atoms with Gasteiger partial charge in [0.15, 0.2) is 5.69 Å². The average molecular weight is 300 g/mol. The van der Waals surface area contributed by atoms with Crippen LogP contribution in [0.4, 0.5) is 5.69 Å². The molecule has 4 nitrogen and oxygen atoms in total. The molecule has 1 heterocycles. The first-order valence-corrected chi connectivity index (χ1v) is 6.79. The maximum Gasteiger partial charge on any atom is 0.275 e. The van der Waals surface area contributed by atoms with Gasteiger partial charge in [0.05, 0.1) is 11.2 Å². The molecule has 0 unspecified atom stereocenters. The highest BCUT2D eigenvalue weighted by Gasteiger charge is 2.15. The van der Waals surface area contributed by atoms with E-state index in [-0.39, 0.29) is 16.6 Å².